The van der Waals surface area contributed by atoms with Gasteiger partial charge in [0.1, 0.15) is 0 Å². The van der Waals surface area contributed by atoms with E-state index in [4.69, 9.17) is 4.84 Å². The first-order valence-electron chi connectivity index (χ1n) is 11.6. The van der Waals surface area contributed by atoms with Crippen LogP contribution in [0.3, 0.4) is 0 Å². The van der Waals surface area contributed by atoms with E-state index in [1.54, 1.807) is 0 Å². The Labute approximate surface area is 196 Å². The van der Waals surface area contributed by atoms with Crippen LogP contribution in [0.25, 0.3) is 0 Å². The van der Waals surface area contributed by atoms with E-state index < -0.39 is 11.6 Å². The highest BCUT2D eigenvalue weighted by Gasteiger charge is 2.51. The van der Waals surface area contributed by atoms with E-state index in [1.807, 2.05) is 56.1 Å². The molecule has 6 heteroatoms. The summed E-state index contributed by atoms with van der Waals surface area (Å²) in [5.41, 5.74) is 5.83. The van der Waals surface area contributed by atoms with E-state index in [0.29, 0.717) is 13.0 Å². The SMILES string of the molecule is CC[C@H]1C(c2c(C)cc(C)cc2C)=NO[C@@H]1C(=O)N1C(=O)CC(C)(C)N1Cc1ccccc1. The summed E-state index contributed by atoms with van der Waals surface area (Å²) in [6.07, 6.45) is 0.145. The van der Waals surface area contributed by atoms with Crippen molar-refractivity contribution in [3.05, 3.63) is 70.3 Å². The average Bonchev–Trinajstić information content (AvgIpc) is 3.25. The van der Waals surface area contributed by atoms with Crippen molar-refractivity contribution in [1.29, 1.82) is 0 Å². The highest BCUT2D eigenvalue weighted by molar-refractivity contribution is 6.09. The van der Waals surface area contributed by atoms with E-state index in [0.717, 1.165) is 28.0 Å². The molecule has 2 aromatic rings. The maximum Gasteiger partial charge on any atom is 0.288 e. The molecule has 33 heavy (non-hydrogen) atoms. The predicted molar refractivity (Wildman–Crippen MR) is 128 cm³/mol. The second kappa shape index (κ2) is 8.75. The summed E-state index contributed by atoms with van der Waals surface area (Å²) in [6.45, 7) is 12.7. The molecule has 2 aromatic carbocycles. The van der Waals surface area contributed by atoms with Gasteiger partial charge in [-0.25, -0.2) is 10.0 Å². The molecule has 0 aromatic heterocycles. The van der Waals surface area contributed by atoms with Gasteiger partial charge in [0.05, 0.1) is 11.6 Å². The molecular weight excluding hydrogens is 414 g/mol. The van der Waals surface area contributed by atoms with Crippen molar-refractivity contribution >= 4 is 17.5 Å². The fourth-order valence-electron chi connectivity index (χ4n) is 5.18. The largest absolute Gasteiger partial charge is 0.381 e. The molecule has 2 aliphatic rings. The van der Waals surface area contributed by atoms with Gasteiger partial charge in [0.2, 0.25) is 12.0 Å². The topological polar surface area (TPSA) is 62.2 Å². The first kappa shape index (κ1) is 23.2. The monoisotopic (exact) mass is 447 g/mol. The molecule has 0 spiro atoms. The standard InChI is InChI=1S/C27H33N3O3/c1-7-21-24(23-18(3)13-17(2)14-19(23)4)28-33-25(21)26(32)30-22(31)15-27(5,6)29(30)16-20-11-9-8-10-12-20/h8-14,21,25H,7,15-16H2,1-6H3/t21-,25-/m0/s1. The summed E-state index contributed by atoms with van der Waals surface area (Å²) < 4.78 is 0. The summed E-state index contributed by atoms with van der Waals surface area (Å²) in [5, 5.41) is 7.58. The van der Waals surface area contributed by atoms with Crippen LogP contribution in [-0.2, 0) is 21.0 Å². The molecule has 0 saturated carbocycles. The van der Waals surface area contributed by atoms with Crippen LogP contribution in [0.5, 0.6) is 0 Å². The van der Waals surface area contributed by atoms with E-state index in [2.05, 4.69) is 38.1 Å². The molecule has 6 nitrogen and oxygen atoms in total. The van der Waals surface area contributed by atoms with Gasteiger partial charge in [-0.15, -0.1) is 0 Å². The minimum Gasteiger partial charge on any atom is -0.381 e. The molecule has 4 rings (SSSR count). The van der Waals surface area contributed by atoms with Crippen LogP contribution in [0, 0.1) is 26.7 Å². The average molecular weight is 448 g/mol. The van der Waals surface area contributed by atoms with Gasteiger partial charge in [-0.3, -0.25) is 9.59 Å². The van der Waals surface area contributed by atoms with Gasteiger partial charge >= 0.3 is 0 Å². The van der Waals surface area contributed by atoms with E-state index in [9.17, 15) is 9.59 Å². The maximum atomic E-state index is 13.8. The Balaban J connectivity index is 1.64. The molecule has 0 N–H and O–H groups in total. The van der Waals surface area contributed by atoms with Crippen LogP contribution >= 0.6 is 0 Å². The molecule has 1 saturated heterocycles. The lowest BCUT2D eigenvalue weighted by Crippen LogP contribution is -2.53. The predicted octanol–water partition coefficient (Wildman–Crippen LogP) is 4.70. The lowest BCUT2D eigenvalue weighted by Gasteiger charge is -2.36. The fraction of sp³-hybridized carbons (Fsp3) is 0.444. The number of benzene rings is 2. The summed E-state index contributed by atoms with van der Waals surface area (Å²) in [5.74, 6) is -0.752. The smallest absolute Gasteiger partial charge is 0.288 e. The molecule has 0 aliphatic carbocycles. The van der Waals surface area contributed by atoms with Crippen LogP contribution in [-0.4, -0.2) is 39.2 Å². The Morgan fingerprint density at radius 2 is 1.76 bits per heavy atom. The van der Waals surface area contributed by atoms with Crippen molar-refractivity contribution in [2.75, 3.05) is 0 Å². The number of hydrogen-bond acceptors (Lipinski definition) is 5. The second-order valence-corrected chi connectivity index (χ2v) is 9.87. The van der Waals surface area contributed by atoms with Crippen molar-refractivity contribution in [2.24, 2.45) is 11.1 Å². The molecule has 0 bridgehead atoms. The summed E-state index contributed by atoms with van der Waals surface area (Å²) in [4.78, 5) is 32.6. The van der Waals surface area contributed by atoms with Crippen molar-refractivity contribution in [1.82, 2.24) is 10.0 Å². The van der Waals surface area contributed by atoms with Crippen LogP contribution in [0.1, 0.15) is 61.4 Å². The van der Waals surface area contributed by atoms with Crippen LogP contribution < -0.4 is 0 Å². The lowest BCUT2D eigenvalue weighted by molar-refractivity contribution is -0.170. The number of oxime groups is 1. The molecule has 2 aliphatic heterocycles. The Morgan fingerprint density at radius 1 is 1.12 bits per heavy atom. The molecule has 2 heterocycles. The van der Waals surface area contributed by atoms with Crippen molar-refractivity contribution in [3.63, 3.8) is 0 Å². The third-order valence-corrected chi connectivity index (χ3v) is 6.74. The number of hydrogen-bond donors (Lipinski definition) is 0. The molecule has 0 unspecified atom stereocenters. The van der Waals surface area contributed by atoms with Gasteiger partial charge in [0.15, 0.2) is 0 Å². The zero-order valence-corrected chi connectivity index (χ0v) is 20.4. The minimum absolute atomic E-state index is 0.199. The Kier molecular flexibility index (Phi) is 6.14. The minimum atomic E-state index is -0.818. The Morgan fingerprint density at radius 3 is 2.36 bits per heavy atom. The van der Waals surface area contributed by atoms with Crippen molar-refractivity contribution < 1.29 is 14.4 Å². The number of nitrogens with zero attached hydrogens (tertiary/aromatic N) is 3. The number of amides is 2. The molecule has 1 fully saturated rings. The van der Waals surface area contributed by atoms with Gasteiger partial charge in [0.25, 0.3) is 5.91 Å². The van der Waals surface area contributed by atoms with E-state index in [1.165, 1.54) is 10.6 Å². The zero-order chi connectivity index (χ0) is 23.9. The molecule has 174 valence electrons. The highest BCUT2D eigenvalue weighted by Crippen LogP contribution is 2.36. The molecule has 2 atom stereocenters. The number of rotatable bonds is 5. The van der Waals surface area contributed by atoms with E-state index in [-0.39, 0.29) is 24.2 Å². The summed E-state index contributed by atoms with van der Waals surface area (Å²) >= 11 is 0. The number of hydrazine groups is 1. The van der Waals surface area contributed by atoms with Crippen LogP contribution in [0.2, 0.25) is 0 Å². The van der Waals surface area contributed by atoms with Gasteiger partial charge in [-0.2, -0.15) is 0 Å². The highest BCUT2D eigenvalue weighted by atomic mass is 16.6. The van der Waals surface area contributed by atoms with Crippen LogP contribution in [0.15, 0.2) is 47.6 Å². The molecular formula is C27H33N3O3. The van der Waals surface area contributed by atoms with Crippen molar-refractivity contribution in [3.8, 4) is 0 Å². The number of aryl methyl sites for hydroxylation is 3. The Hall–Kier alpha value is -2.99. The summed E-state index contributed by atoms with van der Waals surface area (Å²) in [6, 6.07) is 14.2. The zero-order valence-electron chi connectivity index (χ0n) is 20.4. The van der Waals surface area contributed by atoms with Gasteiger partial charge < -0.3 is 4.84 Å². The molecule has 2 amide bonds. The quantitative estimate of drug-likeness (QED) is 0.624. The first-order valence-corrected chi connectivity index (χ1v) is 11.6. The number of imide groups is 1. The summed E-state index contributed by atoms with van der Waals surface area (Å²) in [7, 11) is 0. The normalized spacial score (nSPS) is 22.4. The first-order chi connectivity index (χ1) is 15.6. The van der Waals surface area contributed by atoms with Crippen molar-refractivity contribution in [2.45, 2.75) is 72.6 Å². The Bertz CT molecular complexity index is 1080. The third kappa shape index (κ3) is 4.20. The van der Waals surface area contributed by atoms with E-state index >= 15 is 0 Å². The van der Waals surface area contributed by atoms with Gasteiger partial charge in [-0.05, 0) is 57.7 Å². The third-order valence-electron chi connectivity index (χ3n) is 6.74. The fourth-order valence-corrected chi connectivity index (χ4v) is 5.18. The van der Waals surface area contributed by atoms with Crippen LogP contribution in [0.4, 0.5) is 0 Å². The maximum absolute atomic E-state index is 13.8. The number of carbonyl (C=O) groups excluding carboxylic acids is 2. The molecule has 0 radical (unpaired) electrons. The number of carbonyl (C=O) groups is 2. The van der Waals surface area contributed by atoms with Gasteiger partial charge in [0, 0.05) is 24.1 Å². The lowest BCUT2D eigenvalue weighted by atomic mass is 9.85. The second-order valence-electron chi connectivity index (χ2n) is 9.87. The van der Waals surface area contributed by atoms with Gasteiger partial charge in [-0.1, -0.05) is 60.1 Å².